The van der Waals surface area contributed by atoms with Gasteiger partial charge in [-0.25, -0.2) is 13.8 Å². The Kier molecular flexibility index (Phi) is 3.16. The highest BCUT2D eigenvalue weighted by atomic mass is 19.3. The zero-order valence-electron chi connectivity index (χ0n) is 11.3. The van der Waals surface area contributed by atoms with Crippen LogP contribution in [0.3, 0.4) is 0 Å². The minimum atomic E-state index is -2.88. The molecule has 1 amide bonds. The Morgan fingerprint density at radius 1 is 1.38 bits per heavy atom. The summed E-state index contributed by atoms with van der Waals surface area (Å²) >= 11 is 0. The van der Waals surface area contributed by atoms with E-state index in [1.807, 2.05) is 19.1 Å². The topological polar surface area (TPSA) is 54.9 Å². The molecule has 2 aromatic rings. The van der Waals surface area contributed by atoms with Crippen molar-refractivity contribution >= 4 is 11.7 Å². The summed E-state index contributed by atoms with van der Waals surface area (Å²) in [7, 11) is 0. The molecular formula is C15H13F2N3O. The number of aromatic nitrogens is 2. The van der Waals surface area contributed by atoms with Crippen LogP contribution in [0.25, 0.3) is 11.3 Å². The highest BCUT2D eigenvalue weighted by Crippen LogP contribution is 2.49. The van der Waals surface area contributed by atoms with Crippen molar-refractivity contribution in [2.45, 2.75) is 19.3 Å². The molecule has 1 N–H and O–H groups in total. The van der Waals surface area contributed by atoms with Crippen molar-refractivity contribution in [2.24, 2.45) is 5.92 Å². The number of nitrogens with one attached hydrogen (secondary N) is 1. The maximum atomic E-state index is 12.9. The van der Waals surface area contributed by atoms with Crippen molar-refractivity contribution in [3.63, 3.8) is 0 Å². The van der Waals surface area contributed by atoms with Gasteiger partial charge in [-0.2, -0.15) is 0 Å². The number of carbonyl (C=O) groups is 1. The number of anilines is 1. The molecular weight excluding hydrogens is 276 g/mol. The standard InChI is InChI=1S/C15H13F2N3O/c1-9-8-19-13(20-14(21)11-7-15(11,16)17)6-10(9)12-4-2-3-5-18-12/h2-6,8,11H,7H2,1H3,(H,19,20,21)/t11-/m1/s1. The van der Waals surface area contributed by atoms with E-state index in [9.17, 15) is 13.6 Å². The molecule has 1 fully saturated rings. The van der Waals surface area contributed by atoms with E-state index in [2.05, 4.69) is 15.3 Å². The maximum Gasteiger partial charge on any atom is 0.260 e. The van der Waals surface area contributed by atoms with Gasteiger partial charge in [0, 0.05) is 24.4 Å². The summed E-state index contributed by atoms with van der Waals surface area (Å²) in [4.78, 5) is 20.0. The molecule has 0 unspecified atom stereocenters. The maximum absolute atomic E-state index is 12.9. The molecule has 4 nitrogen and oxygen atoms in total. The third-order valence-corrected chi connectivity index (χ3v) is 3.44. The number of pyridine rings is 2. The summed E-state index contributed by atoms with van der Waals surface area (Å²) in [5, 5.41) is 2.44. The number of nitrogens with zero attached hydrogens (tertiary/aromatic N) is 2. The molecule has 0 saturated heterocycles. The predicted octanol–water partition coefficient (Wildman–Crippen LogP) is 3.05. The lowest BCUT2D eigenvalue weighted by Crippen LogP contribution is -2.18. The number of alkyl halides is 2. The van der Waals surface area contributed by atoms with Crippen molar-refractivity contribution in [3.8, 4) is 11.3 Å². The van der Waals surface area contributed by atoms with Crippen LogP contribution in [0.5, 0.6) is 0 Å². The van der Waals surface area contributed by atoms with Crippen LogP contribution < -0.4 is 5.32 Å². The van der Waals surface area contributed by atoms with Gasteiger partial charge in [-0.1, -0.05) is 6.07 Å². The fourth-order valence-electron chi connectivity index (χ4n) is 2.10. The summed E-state index contributed by atoms with van der Waals surface area (Å²) in [5.74, 6) is -4.55. The van der Waals surface area contributed by atoms with E-state index in [0.29, 0.717) is 0 Å². The summed E-state index contributed by atoms with van der Waals surface area (Å²) < 4.78 is 25.7. The lowest BCUT2D eigenvalue weighted by molar-refractivity contribution is -0.119. The first kappa shape index (κ1) is 13.6. The third kappa shape index (κ3) is 2.74. The molecule has 0 aromatic carbocycles. The van der Waals surface area contributed by atoms with Gasteiger partial charge in [0.2, 0.25) is 5.91 Å². The average Bonchev–Trinajstić information content (AvgIpc) is 3.11. The highest BCUT2D eigenvalue weighted by Gasteiger charge is 2.61. The molecule has 1 saturated carbocycles. The van der Waals surface area contributed by atoms with Crippen molar-refractivity contribution < 1.29 is 13.6 Å². The van der Waals surface area contributed by atoms with E-state index in [0.717, 1.165) is 16.8 Å². The van der Waals surface area contributed by atoms with Crippen LogP contribution in [0.2, 0.25) is 0 Å². The predicted molar refractivity (Wildman–Crippen MR) is 73.9 cm³/mol. The van der Waals surface area contributed by atoms with Gasteiger partial charge in [0.25, 0.3) is 5.92 Å². The number of carbonyl (C=O) groups excluding carboxylic acids is 1. The Morgan fingerprint density at radius 3 is 2.76 bits per heavy atom. The summed E-state index contributed by atoms with van der Waals surface area (Å²) in [6.07, 6.45) is 2.86. The van der Waals surface area contributed by atoms with Gasteiger partial charge < -0.3 is 5.32 Å². The number of hydrogen-bond acceptors (Lipinski definition) is 3. The molecule has 0 spiro atoms. The normalized spacial score (nSPS) is 19.1. The van der Waals surface area contributed by atoms with E-state index in [1.165, 1.54) is 0 Å². The molecule has 6 heteroatoms. The Balaban J connectivity index is 1.83. The quantitative estimate of drug-likeness (QED) is 0.945. The van der Waals surface area contributed by atoms with Crippen LogP contribution in [0.15, 0.2) is 36.7 Å². The zero-order valence-corrected chi connectivity index (χ0v) is 11.3. The minimum absolute atomic E-state index is 0.258. The molecule has 1 atom stereocenters. The third-order valence-electron chi connectivity index (χ3n) is 3.44. The van der Waals surface area contributed by atoms with Crippen LogP contribution in [-0.2, 0) is 4.79 Å². The van der Waals surface area contributed by atoms with Crippen LogP contribution in [0, 0.1) is 12.8 Å². The smallest absolute Gasteiger partial charge is 0.260 e. The van der Waals surface area contributed by atoms with E-state index >= 15 is 0 Å². The van der Waals surface area contributed by atoms with Crippen molar-refractivity contribution in [2.75, 3.05) is 5.32 Å². The fourth-order valence-corrected chi connectivity index (χ4v) is 2.10. The minimum Gasteiger partial charge on any atom is -0.310 e. The van der Waals surface area contributed by atoms with E-state index in [-0.39, 0.29) is 5.82 Å². The monoisotopic (exact) mass is 289 g/mol. The lowest BCUT2D eigenvalue weighted by atomic mass is 10.1. The Hall–Kier alpha value is -2.37. The molecule has 1 aliphatic carbocycles. The number of aryl methyl sites for hydroxylation is 1. The SMILES string of the molecule is Cc1cnc(NC(=O)[C@H]2CC2(F)F)cc1-c1ccccn1. The first-order chi connectivity index (χ1) is 9.97. The number of rotatable bonds is 3. The summed E-state index contributed by atoms with van der Waals surface area (Å²) in [6.45, 7) is 1.87. The van der Waals surface area contributed by atoms with E-state index in [1.54, 1.807) is 24.5 Å². The molecule has 0 aliphatic heterocycles. The van der Waals surface area contributed by atoms with Gasteiger partial charge in [0.15, 0.2) is 0 Å². The second kappa shape index (κ2) is 4.87. The van der Waals surface area contributed by atoms with E-state index < -0.39 is 24.2 Å². The van der Waals surface area contributed by atoms with Crippen LogP contribution in [-0.4, -0.2) is 21.8 Å². The fraction of sp³-hybridized carbons (Fsp3) is 0.267. The number of amides is 1. The second-order valence-corrected chi connectivity index (χ2v) is 5.11. The molecule has 21 heavy (non-hydrogen) atoms. The van der Waals surface area contributed by atoms with Gasteiger partial charge >= 0.3 is 0 Å². The Labute approximate surface area is 120 Å². The molecule has 1 aliphatic rings. The molecule has 0 radical (unpaired) electrons. The van der Waals surface area contributed by atoms with Crippen LogP contribution in [0.1, 0.15) is 12.0 Å². The number of hydrogen-bond donors (Lipinski definition) is 1. The average molecular weight is 289 g/mol. The van der Waals surface area contributed by atoms with Gasteiger partial charge in [-0.3, -0.25) is 9.78 Å². The molecule has 3 rings (SSSR count). The first-order valence-corrected chi connectivity index (χ1v) is 6.54. The van der Waals surface area contributed by atoms with Crippen molar-refractivity contribution in [1.82, 2.24) is 9.97 Å². The van der Waals surface area contributed by atoms with Gasteiger partial charge in [0.05, 0.1) is 5.69 Å². The van der Waals surface area contributed by atoms with Crippen molar-refractivity contribution in [1.29, 1.82) is 0 Å². The summed E-state index contributed by atoms with van der Waals surface area (Å²) in [6, 6.07) is 7.14. The second-order valence-electron chi connectivity index (χ2n) is 5.11. The van der Waals surface area contributed by atoms with Crippen molar-refractivity contribution in [3.05, 3.63) is 42.2 Å². The first-order valence-electron chi connectivity index (χ1n) is 6.54. The zero-order chi connectivity index (χ0) is 15.0. The molecule has 0 bridgehead atoms. The van der Waals surface area contributed by atoms with Gasteiger partial charge in [-0.05, 0) is 30.7 Å². The Morgan fingerprint density at radius 2 is 2.14 bits per heavy atom. The molecule has 108 valence electrons. The Bertz CT molecular complexity index is 689. The van der Waals surface area contributed by atoms with E-state index in [4.69, 9.17) is 0 Å². The number of halogens is 2. The molecule has 2 aromatic heterocycles. The van der Waals surface area contributed by atoms with Crippen LogP contribution in [0.4, 0.5) is 14.6 Å². The largest absolute Gasteiger partial charge is 0.310 e. The van der Waals surface area contributed by atoms with Gasteiger partial charge in [-0.15, -0.1) is 0 Å². The van der Waals surface area contributed by atoms with Gasteiger partial charge in [0.1, 0.15) is 11.7 Å². The summed E-state index contributed by atoms with van der Waals surface area (Å²) in [5.41, 5.74) is 2.44. The highest BCUT2D eigenvalue weighted by molar-refractivity contribution is 5.95. The lowest BCUT2D eigenvalue weighted by Gasteiger charge is -2.09. The molecule has 2 heterocycles. The van der Waals surface area contributed by atoms with Crippen LogP contribution >= 0.6 is 0 Å².